The van der Waals surface area contributed by atoms with Gasteiger partial charge in [-0.1, -0.05) is 12.5 Å². The van der Waals surface area contributed by atoms with Gasteiger partial charge < -0.3 is 10.5 Å². The monoisotopic (exact) mass is 293 g/mol. The molecule has 112 valence electrons. The number of hydrogen-bond donors (Lipinski definition) is 1. The third kappa shape index (κ3) is 3.11. The number of rotatable bonds is 5. The van der Waals surface area contributed by atoms with Crippen molar-refractivity contribution in [2.45, 2.75) is 31.2 Å². The van der Waals surface area contributed by atoms with Crippen molar-refractivity contribution in [2.24, 2.45) is 11.7 Å². The molecule has 0 aromatic heterocycles. The van der Waals surface area contributed by atoms with Gasteiger partial charge in [0.15, 0.2) is 5.82 Å². The molecule has 1 aromatic carbocycles. The lowest BCUT2D eigenvalue weighted by molar-refractivity contribution is -0.386. The molecule has 0 spiro atoms. The van der Waals surface area contributed by atoms with E-state index in [0.717, 1.165) is 18.9 Å². The van der Waals surface area contributed by atoms with Gasteiger partial charge in [0.25, 0.3) is 0 Å². The normalized spacial score (nSPS) is 24.5. The summed E-state index contributed by atoms with van der Waals surface area (Å²) < 4.78 is 18.9. The second-order valence-corrected chi connectivity index (χ2v) is 5.22. The Morgan fingerprint density at radius 1 is 1.62 bits per heavy atom. The largest absolute Gasteiger partial charge is 0.485 e. The molecule has 1 fully saturated rings. The highest BCUT2D eigenvalue weighted by atomic mass is 19.1. The van der Waals surface area contributed by atoms with Crippen molar-refractivity contribution < 1.29 is 14.1 Å². The lowest BCUT2D eigenvalue weighted by Gasteiger charge is -2.23. The van der Waals surface area contributed by atoms with Crippen LogP contribution in [0.5, 0.6) is 5.75 Å². The standard InChI is InChI=1S/C14H16FN3O3/c15-11-4-1-5-12(18(19)20)13(11)21-8-6-10-3-2-7-14(10,17)9-16/h1,4-5,10H,2-3,6-8,17H2. The summed E-state index contributed by atoms with van der Waals surface area (Å²) in [5, 5.41) is 19.9. The molecule has 0 radical (unpaired) electrons. The summed E-state index contributed by atoms with van der Waals surface area (Å²) in [4.78, 5) is 10.2. The Bertz CT molecular complexity index is 587. The molecular weight excluding hydrogens is 277 g/mol. The van der Waals surface area contributed by atoms with Crippen LogP contribution in [0.15, 0.2) is 18.2 Å². The Hall–Kier alpha value is -2.20. The second kappa shape index (κ2) is 6.06. The van der Waals surface area contributed by atoms with Gasteiger partial charge in [0, 0.05) is 6.07 Å². The lowest BCUT2D eigenvalue weighted by atomic mass is 9.87. The summed E-state index contributed by atoms with van der Waals surface area (Å²) >= 11 is 0. The van der Waals surface area contributed by atoms with Crippen molar-refractivity contribution in [3.63, 3.8) is 0 Å². The van der Waals surface area contributed by atoms with Gasteiger partial charge in [0.2, 0.25) is 5.75 Å². The van der Waals surface area contributed by atoms with Crippen LogP contribution in [-0.4, -0.2) is 17.1 Å². The molecule has 2 N–H and O–H groups in total. The minimum Gasteiger partial charge on any atom is -0.485 e. The molecule has 21 heavy (non-hydrogen) atoms. The van der Waals surface area contributed by atoms with Gasteiger partial charge in [-0.15, -0.1) is 0 Å². The molecule has 6 nitrogen and oxygen atoms in total. The number of para-hydroxylation sites is 1. The predicted octanol–water partition coefficient (Wildman–Crippen LogP) is 2.52. The maximum Gasteiger partial charge on any atom is 0.314 e. The van der Waals surface area contributed by atoms with Gasteiger partial charge in [-0.3, -0.25) is 10.1 Å². The number of benzene rings is 1. The summed E-state index contributed by atoms with van der Waals surface area (Å²) in [6.45, 7) is 0.0903. The Morgan fingerprint density at radius 3 is 3.05 bits per heavy atom. The molecule has 7 heteroatoms. The van der Waals surface area contributed by atoms with Gasteiger partial charge in [0.1, 0.15) is 5.54 Å². The van der Waals surface area contributed by atoms with E-state index in [-0.39, 0.29) is 18.3 Å². The summed E-state index contributed by atoms with van der Waals surface area (Å²) in [6, 6.07) is 5.68. The SMILES string of the molecule is N#CC1(N)CCCC1CCOc1c(F)cccc1[N+](=O)[O-]. The maximum absolute atomic E-state index is 13.6. The zero-order valence-electron chi connectivity index (χ0n) is 11.4. The average Bonchev–Trinajstić information content (AvgIpc) is 2.82. The molecule has 1 aliphatic rings. The van der Waals surface area contributed by atoms with Crippen LogP contribution >= 0.6 is 0 Å². The molecule has 1 aliphatic carbocycles. The molecule has 0 saturated heterocycles. The number of nitro benzene ring substituents is 1. The van der Waals surface area contributed by atoms with Crippen molar-refractivity contribution in [3.05, 3.63) is 34.1 Å². The van der Waals surface area contributed by atoms with Crippen LogP contribution in [0.25, 0.3) is 0 Å². The Labute approximate surface area is 121 Å². The van der Waals surface area contributed by atoms with Crippen LogP contribution in [0.4, 0.5) is 10.1 Å². The number of halogens is 1. The van der Waals surface area contributed by atoms with Gasteiger partial charge >= 0.3 is 5.69 Å². The van der Waals surface area contributed by atoms with E-state index in [0.29, 0.717) is 12.8 Å². The van der Waals surface area contributed by atoms with Crippen LogP contribution in [-0.2, 0) is 0 Å². The van der Waals surface area contributed by atoms with Crippen LogP contribution in [0.3, 0.4) is 0 Å². The van der Waals surface area contributed by atoms with Crippen LogP contribution in [0, 0.1) is 33.2 Å². The fraction of sp³-hybridized carbons (Fsp3) is 0.500. The van der Waals surface area contributed by atoms with Gasteiger partial charge in [-0.2, -0.15) is 5.26 Å². The van der Waals surface area contributed by atoms with Crippen molar-refractivity contribution in [3.8, 4) is 11.8 Å². The topological polar surface area (TPSA) is 102 Å². The number of nitriles is 1. The van der Waals surface area contributed by atoms with E-state index in [1.165, 1.54) is 12.1 Å². The van der Waals surface area contributed by atoms with Crippen molar-refractivity contribution >= 4 is 5.69 Å². The van der Waals surface area contributed by atoms with E-state index in [9.17, 15) is 14.5 Å². The van der Waals surface area contributed by atoms with Crippen molar-refractivity contribution in [1.29, 1.82) is 5.26 Å². The van der Waals surface area contributed by atoms with E-state index in [1.807, 2.05) is 0 Å². The van der Waals surface area contributed by atoms with Crippen LogP contribution < -0.4 is 10.5 Å². The first-order valence-corrected chi connectivity index (χ1v) is 6.74. The van der Waals surface area contributed by atoms with E-state index >= 15 is 0 Å². The Balaban J connectivity index is 2.02. The lowest BCUT2D eigenvalue weighted by Crippen LogP contribution is -2.42. The molecule has 1 saturated carbocycles. The number of nitrogens with zero attached hydrogens (tertiary/aromatic N) is 2. The fourth-order valence-electron chi connectivity index (χ4n) is 2.74. The quantitative estimate of drug-likeness (QED) is 0.663. The van der Waals surface area contributed by atoms with E-state index < -0.39 is 22.0 Å². The molecule has 2 unspecified atom stereocenters. The highest BCUT2D eigenvalue weighted by Crippen LogP contribution is 2.36. The molecule has 2 rings (SSSR count). The fourth-order valence-corrected chi connectivity index (χ4v) is 2.74. The first-order chi connectivity index (χ1) is 9.98. The molecular formula is C14H16FN3O3. The van der Waals surface area contributed by atoms with E-state index in [2.05, 4.69) is 6.07 Å². The third-order valence-electron chi connectivity index (χ3n) is 3.94. The first-order valence-electron chi connectivity index (χ1n) is 6.74. The molecule has 0 heterocycles. The predicted molar refractivity (Wildman–Crippen MR) is 73.0 cm³/mol. The van der Waals surface area contributed by atoms with E-state index in [1.54, 1.807) is 0 Å². The molecule has 1 aromatic rings. The first kappa shape index (κ1) is 15.2. The summed E-state index contributed by atoms with van der Waals surface area (Å²) in [5.74, 6) is -1.16. The smallest absolute Gasteiger partial charge is 0.314 e. The second-order valence-electron chi connectivity index (χ2n) is 5.22. The summed E-state index contributed by atoms with van der Waals surface area (Å²) in [7, 11) is 0. The highest BCUT2D eigenvalue weighted by Gasteiger charge is 2.39. The average molecular weight is 293 g/mol. The number of nitrogens with two attached hydrogens (primary N) is 1. The highest BCUT2D eigenvalue weighted by molar-refractivity contribution is 5.46. The summed E-state index contributed by atoms with van der Waals surface area (Å²) in [5.41, 5.74) is 4.72. The molecule has 0 aliphatic heterocycles. The van der Waals surface area contributed by atoms with Gasteiger partial charge in [-0.25, -0.2) is 4.39 Å². The summed E-state index contributed by atoms with van der Waals surface area (Å²) in [6.07, 6.45) is 2.78. The maximum atomic E-state index is 13.6. The van der Waals surface area contributed by atoms with Crippen molar-refractivity contribution in [1.82, 2.24) is 0 Å². The Morgan fingerprint density at radius 2 is 2.38 bits per heavy atom. The Kier molecular flexibility index (Phi) is 4.38. The van der Waals surface area contributed by atoms with Gasteiger partial charge in [0.05, 0.1) is 17.6 Å². The van der Waals surface area contributed by atoms with Gasteiger partial charge in [-0.05, 0) is 31.2 Å². The zero-order valence-corrected chi connectivity index (χ0v) is 11.4. The van der Waals surface area contributed by atoms with Crippen LogP contribution in [0.1, 0.15) is 25.7 Å². The minimum atomic E-state index is -0.871. The number of ether oxygens (including phenoxy) is 1. The molecule has 0 amide bonds. The number of nitro groups is 1. The molecule has 2 atom stereocenters. The van der Waals surface area contributed by atoms with E-state index in [4.69, 9.17) is 15.7 Å². The van der Waals surface area contributed by atoms with Crippen molar-refractivity contribution in [2.75, 3.05) is 6.61 Å². The van der Waals surface area contributed by atoms with Crippen LogP contribution in [0.2, 0.25) is 0 Å². The zero-order chi connectivity index (χ0) is 15.5. The minimum absolute atomic E-state index is 0.0340. The molecule has 0 bridgehead atoms. The third-order valence-corrected chi connectivity index (χ3v) is 3.94. The number of hydrogen-bond acceptors (Lipinski definition) is 5.